The zero-order valence-corrected chi connectivity index (χ0v) is 14.9. The highest BCUT2D eigenvalue weighted by molar-refractivity contribution is 7.21. The summed E-state index contributed by atoms with van der Waals surface area (Å²) in [4.78, 5) is 19.0. The average molecular weight is 357 g/mol. The van der Waals surface area contributed by atoms with Gasteiger partial charge < -0.3 is 5.73 Å². The number of hydrogen-bond donors (Lipinski definition) is 1. The Morgan fingerprint density at radius 2 is 1.83 bits per heavy atom. The van der Waals surface area contributed by atoms with Crippen LogP contribution in [0.2, 0.25) is 5.02 Å². The van der Waals surface area contributed by atoms with Crippen molar-refractivity contribution in [2.45, 2.75) is 32.6 Å². The highest BCUT2D eigenvalue weighted by Gasteiger charge is 2.24. The number of halogens is 1. The first-order chi connectivity index (χ1) is 11.6. The van der Waals surface area contributed by atoms with Crippen LogP contribution in [-0.2, 0) is 12.8 Å². The van der Waals surface area contributed by atoms with Crippen LogP contribution in [0.1, 0.15) is 44.9 Å². The van der Waals surface area contributed by atoms with Gasteiger partial charge in [0.1, 0.15) is 9.71 Å². The second kappa shape index (κ2) is 5.87. The van der Waals surface area contributed by atoms with Gasteiger partial charge in [-0.25, -0.2) is 4.98 Å². The molecule has 3 nitrogen and oxygen atoms in total. The lowest BCUT2D eigenvalue weighted by Gasteiger charge is -2.18. The molecule has 2 aromatic heterocycles. The summed E-state index contributed by atoms with van der Waals surface area (Å²) in [6.45, 7) is 2.06. The van der Waals surface area contributed by atoms with E-state index in [1.807, 2.05) is 0 Å². The van der Waals surface area contributed by atoms with Crippen molar-refractivity contribution in [1.82, 2.24) is 4.98 Å². The first-order valence-electron chi connectivity index (χ1n) is 8.07. The van der Waals surface area contributed by atoms with Crippen LogP contribution in [0.4, 0.5) is 5.69 Å². The Morgan fingerprint density at radius 3 is 2.54 bits per heavy atom. The lowest BCUT2D eigenvalue weighted by molar-refractivity contribution is 0.104. The molecule has 0 saturated carbocycles. The summed E-state index contributed by atoms with van der Waals surface area (Å²) in [6.07, 6.45) is 4.44. The number of ketones is 1. The van der Waals surface area contributed by atoms with Gasteiger partial charge in [-0.1, -0.05) is 11.6 Å². The Morgan fingerprint density at radius 1 is 1.17 bits per heavy atom. The predicted molar refractivity (Wildman–Crippen MR) is 100 cm³/mol. The van der Waals surface area contributed by atoms with Crippen LogP contribution in [0.15, 0.2) is 24.3 Å². The highest BCUT2D eigenvalue weighted by atomic mass is 35.5. The molecule has 2 N–H and O–H groups in total. The quantitative estimate of drug-likeness (QED) is 0.661. The fourth-order valence-corrected chi connectivity index (χ4v) is 4.76. The molecule has 2 heterocycles. The second-order valence-electron chi connectivity index (χ2n) is 6.22. The van der Waals surface area contributed by atoms with Crippen LogP contribution in [0.3, 0.4) is 0 Å². The maximum Gasteiger partial charge on any atom is 0.205 e. The van der Waals surface area contributed by atoms with E-state index in [1.54, 1.807) is 24.3 Å². The molecule has 0 spiro atoms. The third-order valence-corrected chi connectivity index (χ3v) is 6.06. The molecule has 0 atom stereocenters. The van der Waals surface area contributed by atoms with Crippen LogP contribution in [0.5, 0.6) is 0 Å². The fourth-order valence-electron chi connectivity index (χ4n) is 3.50. The van der Waals surface area contributed by atoms with Gasteiger partial charge in [-0.2, -0.15) is 0 Å². The van der Waals surface area contributed by atoms with Gasteiger partial charge in [0.25, 0.3) is 0 Å². The molecule has 0 amide bonds. The van der Waals surface area contributed by atoms with E-state index in [1.165, 1.54) is 35.3 Å². The number of hydrogen-bond acceptors (Lipinski definition) is 4. The normalized spacial score (nSPS) is 13.9. The molecular weight excluding hydrogens is 340 g/mol. The van der Waals surface area contributed by atoms with E-state index in [0.717, 1.165) is 28.8 Å². The minimum atomic E-state index is -0.0608. The van der Waals surface area contributed by atoms with Gasteiger partial charge in [0.2, 0.25) is 5.78 Å². The molecular formula is C19H17ClN2OS. The molecule has 0 unspecified atom stereocenters. The second-order valence-corrected chi connectivity index (χ2v) is 7.66. The smallest absolute Gasteiger partial charge is 0.205 e. The molecule has 0 bridgehead atoms. The number of carbonyl (C=O) groups excluding carboxylic acids is 1. The number of carbonyl (C=O) groups is 1. The van der Waals surface area contributed by atoms with Crippen molar-refractivity contribution in [3.05, 3.63) is 56.5 Å². The number of aromatic nitrogens is 1. The van der Waals surface area contributed by atoms with Crippen molar-refractivity contribution in [1.29, 1.82) is 0 Å². The van der Waals surface area contributed by atoms with E-state index in [-0.39, 0.29) is 5.78 Å². The Hall–Kier alpha value is -1.91. The van der Waals surface area contributed by atoms with Crippen LogP contribution in [-0.4, -0.2) is 10.8 Å². The number of anilines is 1. The lowest BCUT2D eigenvalue weighted by atomic mass is 9.89. The maximum absolute atomic E-state index is 12.9. The number of rotatable bonds is 2. The third kappa shape index (κ3) is 2.41. The Balaban J connectivity index is 1.90. The SMILES string of the molecule is Cc1nc2sc(C(=O)c3ccc(Cl)cc3)c(N)c2c2c1CCCC2. The van der Waals surface area contributed by atoms with Gasteiger partial charge in [0, 0.05) is 21.7 Å². The summed E-state index contributed by atoms with van der Waals surface area (Å²) < 4.78 is 0. The number of benzene rings is 1. The van der Waals surface area contributed by atoms with Gasteiger partial charge >= 0.3 is 0 Å². The number of nitrogen functional groups attached to an aromatic ring is 1. The number of nitrogens with zero attached hydrogens (tertiary/aromatic N) is 1. The van der Waals surface area contributed by atoms with Crippen molar-refractivity contribution in [2.24, 2.45) is 0 Å². The molecule has 3 aromatic rings. The predicted octanol–water partition coefficient (Wildman–Crippen LogP) is 4.95. The van der Waals surface area contributed by atoms with Gasteiger partial charge in [-0.05, 0) is 68.0 Å². The number of pyridine rings is 1. The van der Waals surface area contributed by atoms with Crippen LogP contribution >= 0.6 is 22.9 Å². The summed E-state index contributed by atoms with van der Waals surface area (Å²) in [5.41, 5.74) is 11.3. The van der Waals surface area contributed by atoms with Gasteiger partial charge in [0.15, 0.2) is 0 Å². The molecule has 0 saturated heterocycles. The fraction of sp³-hybridized carbons (Fsp3) is 0.263. The molecule has 122 valence electrons. The van der Waals surface area contributed by atoms with E-state index in [4.69, 9.17) is 22.3 Å². The Labute approximate surface area is 149 Å². The Bertz CT molecular complexity index is 960. The van der Waals surface area contributed by atoms with Crippen LogP contribution in [0, 0.1) is 6.92 Å². The molecule has 4 rings (SSSR count). The van der Waals surface area contributed by atoms with Crippen molar-refractivity contribution in [2.75, 3.05) is 5.73 Å². The molecule has 24 heavy (non-hydrogen) atoms. The largest absolute Gasteiger partial charge is 0.397 e. The molecule has 1 aromatic carbocycles. The summed E-state index contributed by atoms with van der Waals surface area (Å²) in [5, 5.41) is 1.61. The first kappa shape index (κ1) is 15.6. The third-order valence-electron chi connectivity index (χ3n) is 4.71. The number of thiophene rings is 1. The standard InChI is InChI=1S/C19H17ClN2OS/c1-10-13-4-2-3-5-14(13)15-16(21)18(24-19(15)22-10)17(23)11-6-8-12(20)9-7-11/h6-9H,2-5,21H2,1H3. The molecule has 0 fully saturated rings. The molecule has 5 heteroatoms. The molecule has 1 aliphatic carbocycles. The van der Waals surface area contributed by atoms with E-state index in [2.05, 4.69) is 6.92 Å². The van der Waals surface area contributed by atoms with E-state index in [9.17, 15) is 4.79 Å². The zero-order chi connectivity index (χ0) is 16.8. The number of nitrogens with two attached hydrogens (primary N) is 1. The van der Waals surface area contributed by atoms with E-state index >= 15 is 0 Å². The van der Waals surface area contributed by atoms with Crippen molar-refractivity contribution in [3.8, 4) is 0 Å². The topological polar surface area (TPSA) is 56.0 Å². The summed E-state index contributed by atoms with van der Waals surface area (Å²) in [5.74, 6) is -0.0608. The highest BCUT2D eigenvalue weighted by Crippen LogP contribution is 2.40. The van der Waals surface area contributed by atoms with E-state index < -0.39 is 0 Å². The van der Waals surface area contributed by atoms with Crippen molar-refractivity contribution in [3.63, 3.8) is 0 Å². The van der Waals surface area contributed by atoms with E-state index in [0.29, 0.717) is 21.2 Å². The van der Waals surface area contributed by atoms with Crippen LogP contribution < -0.4 is 5.73 Å². The van der Waals surface area contributed by atoms with Crippen molar-refractivity contribution < 1.29 is 4.79 Å². The van der Waals surface area contributed by atoms with Gasteiger partial charge in [-0.15, -0.1) is 11.3 Å². The van der Waals surface area contributed by atoms with Gasteiger partial charge in [-0.3, -0.25) is 4.79 Å². The summed E-state index contributed by atoms with van der Waals surface area (Å²) in [7, 11) is 0. The minimum absolute atomic E-state index is 0.0608. The minimum Gasteiger partial charge on any atom is -0.397 e. The summed E-state index contributed by atoms with van der Waals surface area (Å²) >= 11 is 7.31. The average Bonchev–Trinajstić information content (AvgIpc) is 2.92. The van der Waals surface area contributed by atoms with Gasteiger partial charge in [0.05, 0.1) is 5.69 Å². The van der Waals surface area contributed by atoms with Crippen molar-refractivity contribution >= 4 is 44.6 Å². The molecule has 1 aliphatic rings. The monoisotopic (exact) mass is 356 g/mol. The Kier molecular flexibility index (Phi) is 3.82. The first-order valence-corrected chi connectivity index (χ1v) is 9.26. The lowest BCUT2D eigenvalue weighted by Crippen LogP contribution is -2.08. The van der Waals surface area contributed by atoms with Crippen LogP contribution in [0.25, 0.3) is 10.2 Å². The molecule has 0 radical (unpaired) electrons. The number of fused-ring (bicyclic) bond motifs is 3. The summed E-state index contributed by atoms with van der Waals surface area (Å²) in [6, 6.07) is 6.93. The molecule has 0 aliphatic heterocycles. The zero-order valence-electron chi connectivity index (χ0n) is 13.4. The maximum atomic E-state index is 12.9. The number of aryl methyl sites for hydroxylation is 2.